The third-order valence-corrected chi connectivity index (χ3v) is 4.34. The first kappa shape index (κ1) is 15.5. The predicted octanol–water partition coefficient (Wildman–Crippen LogP) is 6.03. The van der Waals surface area contributed by atoms with E-state index in [9.17, 15) is 4.39 Å². The quantitative estimate of drug-likeness (QED) is 0.543. The highest BCUT2D eigenvalue weighted by atomic mass is 35.5. The SMILES string of the molecule is CSc1ccc(NC(C)c2cc(F)c(Cl)cc2Cl)cc1. The maximum Gasteiger partial charge on any atom is 0.142 e. The van der Waals surface area contributed by atoms with Crippen molar-refractivity contribution in [3.63, 3.8) is 0 Å². The zero-order chi connectivity index (χ0) is 14.7. The molecule has 0 heterocycles. The van der Waals surface area contributed by atoms with E-state index in [1.54, 1.807) is 11.8 Å². The fraction of sp³-hybridized carbons (Fsp3) is 0.200. The molecule has 2 rings (SSSR count). The highest BCUT2D eigenvalue weighted by molar-refractivity contribution is 7.98. The predicted molar refractivity (Wildman–Crippen MR) is 86.7 cm³/mol. The lowest BCUT2D eigenvalue weighted by Crippen LogP contribution is -2.07. The Kier molecular flexibility index (Phi) is 5.19. The minimum absolute atomic E-state index is 0.0373. The van der Waals surface area contributed by atoms with E-state index in [-0.39, 0.29) is 11.1 Å². The monoisotopic (exact) mass is 329 g/mol. The maximum atomic E-state index is 13.5. The van der Waals surface area contributed by atoms with E-state index < -0.39 is 5.82 Å². The Morgan fingerprint density at radius 1 is 1.10 bits per heavy atom. The molecule has 0 saturated carbocycles. The van der Waals surface area contributed by atoms with Gasteiger partial charge in [0.2, 0.25) is 0 Å². The van der Waals surface area contributed by atoms with Crippen LogP contribution in [-0.2, 0) is 0 Å². The lowest BCUT2D eigenvalue weighted by Gasteiger charge is -2.17. The second-order valence-electron chi connectivity index (χ2n) is 4.38. The van der Waals surface area contributed by atoms with Crippen molar-refractivity contribution in [2.75, 3.05) is 11.6 Å². The van der Waals surface area contributed by atoms with Gasteiger partial charge in [-0.1, -0.05) is 23.2 Å². The van der Waals surface area contributed by atoms with Crippen LogP contribution >= 0.6 is 35.0 Å². The maximum absolute atomic E-state index is 13.5. The van der Waals surface area contributed by atoms with Crippen LogP contribution in [0.2, 0.25) is 10.0 Å². The summed E-state index contributed by atoms with van der Waals surface area (Å²) in [4.78, 5) is 1.19. The van der Waals surface area contributed by atoms with E-state index in [2.05, 4.69) is 5.32 Å². The molecule has 0 fully saturated rings. The first-order valence-corrected chi connectivity index (χ1v) is 8.04. The first-order valence-electron chi connectivity index (χ1n) is 6.06. The molecule has 5 heteroatoms. The van der Waals surface area contributed by atoms with Crippen molar-refractivity contribution >= 4 is 40.7 Å². The molecule has 0 bridgehead atoms. The van der Waals surface area contributed by atoms with Crippen molar-refractivity contribution in [2.24, 2.45) is 0 Å². The van der Waals surface area contributed by atoms with Gasteiger partial charge in [0.15, 0.2) is 0 Å². The molecule has 1 unspecified atom stereocenters. The molecular formula is C15H14Cl2FNS. The molecular weight excluding hydrogens is 316 g/mol. The third-order valence-electron chi connectivity index (χ3n) is 2.98. The van der Waals surface area contributed by atoms with Crippen molar-refractivity contribution in [1.29, 1.82) is 0 Å². The van der Waals surface area contributed by atoms with Crippen LogP contribution in [0.15, 0.2) is 41.3 Å². The molecule has 0 radical (unpaired) electrons. The Balaban J connectivity index is 2.18. The van der Waals surface area contributed by atoms with Gasteiger partial charge < -0.3 is 5.32 Å². The lowest BCUT2D eigenvalue weighted by atomic mass is 10.1. The highest BCUT2D eigenvalue weighted by Gasteiger charge is 2.13. The molecule has 2 aromatic rings. The van der Waals surface area contributed by atoms with Crippen LogP contribution in [0.3, 0.4) is 0 Å². The van der Waals surface area contributed by atoms with E-state index in [4.69, 9.17) is 23.2 Å². The summed E-state index contributed by atoms with van der Waals surface area (Å²) in [6, 6.07) is 10.7. The smallest absolute Gasteiger partial charge is 0.142 e. The summed E-state index contributed by atoms with van der Waals surface area (Å²) in [5.41, 5.74) is 1.64. The lowest BCUT2D eigenvalue weighted by molar-refractivity contribution is 0.624. The standard InChI is InChI=1S/C15H14Cl2FNS/c1-9(12-7-15(18)14(17)8-13(12)16)19-10-3-5-11(20-2)6-4-10/h3-9,19H,1-2H3. The topological polar surface area (TPSA) is 12.0 Å². The van der Waals surface area contributed by atoms with Gasteiger partial charge in [-0.25, -0.2) is 4.39 Å². The number of hydrogen-bond acceptors (Lipinski definition) is 2. The second-order valence-corrected chi connectivity index (χ2v) is 6.08. The average Bonchev–Trinajstić information content (AvgIpc) is 2.43. The zero-order valence-corrected chi connectivity index (χ0v) is 13.4. The Morgan fingerprint density at radius 2 is 1.75 bits per heavy atom. The van der Waals surface area contributed by atoms with E-state index in [1.807, 2.05) is 37.4 Å². The van der Waals surface area contributed by atoms with Gasteiger partial charge in [-0.2, -0.15) is 0 Å². The van der Waals surface area contributed by atoms with Gasteiger partial charge >= 0.3 is 0 Å². The molecule has 106 valence electrons. The molecule has 1 N–H and O–H groups in total. The number of halogens is 3. The fourth-order valence-corrected chi connectivity index (χ4v) is 2.84. The van der Waals surface area contributed by atoms with E-state index in [0.29, 0.717) is 10.6 Å². The minimum Gasteiger partial charge on any atom is -0.378 e. The fourth-order valence-electron chi connectivity index (χ4n) is 1.88. The minimum atomic E-state index is -0.461. The van der Waals surface area contributed by atoms with E-state index in [1.165, 1.54) is 17.0 Å². The second kappa shape index (κ2) is 6.70. The van der Waals surface area contributed by atoms with Crippen LogP contribution in [-0.4, -0.2) is 6.26 Å². The molecule has 1 atom stereocenters. The Hall–Kier alpha value is -0.900. The summed E-state index contributed by atoms with van der Waals surface area (Å²) >= 11 is 13.5. The Morgan fingerprint density at radius 3 is 2.35 bits per heavy atom. The number of hydrogen-bond donors (Lipinski definition) is 1. The number of thioether (sulfide) groups is 1. The molecule has 0 saturated heterocycles. The molecule has 0 aliphatic rings. The molecule has 0 aromatic heterocycles. The Labute approximate surface area is 132 Å². The van der Waals surface area contributed by atoms with Gasteiger partial charge in [0.05, 0.1) is 11.1 Å². The van der Waals surface area contributed by atoms with Crippen LogP contribution in [0.4, 0.5) is 10.1 Å². The first-order chi connectivity index (χ1) is 9.51. The molecule has 0 aliphatic heterocycles. The van der Waals surface area contributed by atoms with E-state index in [0.717, 1.165) is 5.69 Å². The molecule has 20 heavy (non-hydrogen) atoms. The van der Waals surface area contributed by atoms with Crippen molar-refractivity contribution in [3.05, 3.63) is 57.8 Å². The van der Waals surface area contributed by atoms with Gasteiger partial charge in [0, 0.05) is 15.6 Å². The van der Waals surface area contributed by atoms with Crippen LogP contribution in [0.25, 0.3) is 0 Å². The average molecular weight is 330 g/mol. The molecule has 0 amide bonds. The van der Waals surface area contributed by atoms with Gasteiger partial charge in [0.1, 0.15) is 5.82 Å². The number of anilines is 1. The molecule has 0 spiro atoms. The normalized spacial score (nSPS) is 12.2. The molecule has 0 aliphatic carbocycles. The van der Waals surface area contributed by atoms with Gasteiger partial charge in [0.25, 0.3) is 0 Å². The van der Waals surface area contributed by atoms with Gasteiger partial charge in [-0.15, -0.1) is 11.8 Å². The van der Waals surface area contributed by atoms with Crippen LogP contribution in [0.5, 0.6) is 0 Å². The van der Waals surface area contributed by atoms with Crippen molar-refractivity contribution in [2.45, 2.75) is 17.9 Å². The van der Waals surface area contributed by atoms with Gasteiger partial charge in [-0.3, -0.25) is 0 Å². The highest BCUT2D eigenvalue weighted by Crippen LogP contribution is 2.30. The number of benzene rings is 2. The van der Waals surface area contributed by atoms with Crippen LogP contribution in [0.1, 0.15) is 18.5 Å². The number of rotatable bonds is 4. The van der Waals surface area contributed by atoms with Crippen LogP contribution < -0.4 is 5.32 Å². The number of nitrogens with one attached hydrogen (secondary N) is 1. The largest absolute Gasteiger partial charge is 0.378 e. The molecule has 2 aromatic carbocycles. The van der Waals surface area contributed by atoms with Crippen molar-refractivity contribution < 1.29 is 4.39 Å². The van der Waals surface area contributed by atoms with Crippen molar-refractivity contribution in [3.8, 4) is 0 Å². The van der Waals surface area contributed by atoms with E-state index >= 15 is 0 Å². The Bertz CT molecular complexity index is 602. The van der Waals surface area contributed by atoms with Crippen LogP contribution in [0, 0.1) is 5.82 Å². The zero-order valence-electron chi connectivity index (χ0n) is 11.1. The third kappa shape index (κ3) is 3.60. The summed E-state index contributed by atoms with van der Waals surface area (Å²) in [7, 11) is 0. The summed E-state index contributed by atoms with van der Waals surface area (Å²) in [6.45, 7) is 1.93. The molecule has 1 nitrogen and oxygen atoms in total. The van der Waals surface area contributed by atoms with Crippen molar-refractivity contribution in [1.82, 2.24) is 0 Å². The summed E-state index contributed by atoms with van der Waals surface area (Å²) in [6.07, 6.45) is 2.03. The summed E-state index contributed by atoms with van der Waals surface area (Å²) in [5.74, 6) is -0.461. The van der Waals surface area contributed by atoms with Gasteiger partial charge in [-0.05, 0) is 55.1 Å². The summed E-state index contributed by atoms with van der Waals surface area (Å²) in [5, 5.41) is 3.79. The summed E-state index contributed by atoms with van der Waals surface area (Å²) < 4.78 is 13.5.